The topological polar surface area (TPSA) is 83.7 Å². The highest BCUT2D eigenvalue weighted by Crippen LogP contribution is 2.31. The van der Waals surface area contributed by atoms with Gasteiger partial charge in [0.25, 0.3) is 5.69 Å². The first kappa shape index (κ1) is 13.3. The van der Waals surface area contributed by atoms with Crippen LogP contribution in [-0.4, -0.2) is 28.6 Å². The molecule has 0 radical (unpaired) electrons. The summed E-state index contributed by atoms with van der Waals surface area (Å²) in [7, 11) is 0. The first-order valence-corrected chi connectivity index (χ1v) is 6.22. The van der Waals surface area contributed by atoms with Crippen molar-refractivity contribution in [3.8, 4) is 0 Å². The third-order valence-corrected chi connectivity index (χ3v) is 3.38. The van der Waals surface area contributed by atoms with Gasteiger partial charge in [0.15, 0.2) is 0 Å². The maximum atomic E-state index is 10.9. The second-order valence-corrected chi connectivity index (χ2v) is 4.87. The fraction of sp³-hybridized carbons (Fsp3) is 0.462. The van der Waals surface area contributed by atoms with Crippen LogP contribution in [0.1, 0.15) is 24.8 Å². The summed E-state index contributed by atoms with van der Waals surface area (Å²) in [6, 6.07) is 4.84. The van der Waals surface area contributed by atoms with Gasteiger partial charge in [-0.1, -0.05) is 0 Å². The first-order valence-electron chi connectivity index (χ1n) is 6.22. The van der Waals surface area contributed by atoms with Gasteiger partial charge in [-0.3, -0.25) is 14.9 Å². The molecule has 1 unspecified atom stereocenters. The third kappa shape index (κ3) is 3.01. The molecule has 19 heavy (non-hydrogen) atoms. The van der Waals surface area contributed by atoms with Crippen LogP contribution in [0.3, 0.4) is 0 Å². The average Bonchev–Trinajstić information content (AvgIpc) is 2.75. The Morgan fingerprint density at radius 2 is 2.26 bits per heavy atom. The van der Waals surface area contributed by atoms with Gasteiger partial charge in [0, 0.05) is 30.4 Å². The Morgan fingerprint density at radius 1 is 1.53 bits per heavy atom. The lowest BCUT2D eigenvalue weighted by Gasteiger charge is -2.25. The summed E-state index contributed by atoms with van der Waals surface area (Å²) in [6.45, 7) is 2.55. The van der Waals surface area contributed by atoms with Crippen molar-refractivity contribution in [1.29, 1.82) is 0 Å². The summed E-state index contributed by atoms with van der Waals surface area (Å²) in [5.74, 6) is -0.834. The lowest BCUT2D eigenvalue weighted by atomic mass is 10.1. The maximum absolute atomic E-state index is 10.9. The average molecular weight is 264 g/mol. The molecule has 1 atom stereocenters. The minimum atomic E-state index is -0.834. The molecule has 0 aromatic heterocycles. The molecule has 0 bridgehead atoms. The van der Waals surface area contributed by atoms with Gasteiger partial charge in [-0.25, -0.2) is 0 Å². The van der Waals surface area contributed by atoms with E-state index in [4.69, 9.17) is 5.11 Å². The van der Waals surface area contributed by atoms with Crippen LogP contribution in [0.5, 0.6) is 0 Å². The molecule has 1 aromatic rings. The van der Waals surface area contributed by atoms with Gasteiger partial charge in [-0.05, 0) is 31.4 Å². The molecule has 1 aliphatic heterocycles. The smallest absolute Gasteiger partial charge is 0.305 e. The Morgan fingerprint density at radius 3 is 2.89 bits per heavy atom. The molecule has 1 aromatic carbocycles. The molecule has 1 N–H and O–H groups in total. The third-order valence-electron chi connectivity index (χ3n) is 3.38. The predicted octanol–water partition coefficient (Wildman–Crippen LogP) is 2.35. The van der Waals surface area contributed by atoms with Crippen LogP contribution in [0.15, 0.2) is 18.2 Å². The summed E-state index contributed by atoms with van der Waals surface area (Å²) >= 11 is 0. The monoisotopic (exact) mass is 264 g/mol. The van der Waals surface area contributed by atoms with Crippen LogP contribution in [0.2, 0.25) is 0 Å². The standard InChI is InChI=1S/C13H16N2O4/c1-9-5-11(7-12(6-9)15(18)19)14-4-2-3-10(14)8-13(16)17/h5-7,10H,2-4,8H2,1H3,(H,16,17). The van der Waals surface area contributed by atoms with Crippen LogP contribution in [0.4, 0.5) is 11.4 Å². The van der Waals surface area contributed by atoms with Crippen LogP contribution in [0, 0.1) is 17.0 Å². The number of non-ortho nitro benzene ring substituents is 1. The van der Waals surface area contributed by atoms with Crippen molar-refractivity contribution in [3.63, 3.8) is 0 Å². The molecule has 1 aliphatic rings. The lowest BCUT2D eigenvalue weighted by Crippen LogP contribution is -2.31. The molecule has 0 spiro atoms. The van der Waals surface area contributed by atoms with E-state index < -0.39 is 10.9 Å². The quantitative estimate of drug-likeness (QED) is 0.666. The number of hydrogen-bond acceptors (Lipinski definition) is 4. The number of aryl methyl sites for hydroxylation is 1. The highest BCUT2D eigenvalue weighted by atomic mass is 16.6. The summed E-state index contributed by atoms with van der Waals surface area (Å²) in [5.41, 5.74) is 1.61. The van der Waals surface area contributed by atoms with E-state index in [2.05, 4.69) is 0 Å². The van der Waals surface area contributed by atoms with Crippen molar-refractivity contribution in [2.24, 2.45) is 0 Å². The number of carboxylic acid groups (broad SMARTS) is 1. The van der Waals surface area contributed by atoms with Gasteiger partial charge in [0.2, 0.25) is 0 Å². The number of aliphatic carboxylic acids is 1. The van der Waals surface area contributed by atoms with Gasteiger partial charge in [-0.15, -0.1) is 0 Å². The van der Waals surface area contributed by atoms with E-state index in [9.17, 15) is 14.9 Å². The summed E-state index contributed by atoms with van der Waals surface area (Å²) in [5, 5.41) is 19.8. The number of carboxylic acids is 1. The molecule has 0 amide bonds. The molecule has 1 heterocycles. The van der Waals surface area contributed by atoms with E-state index in [0.29, 0.717) is 0 Å². The molecule has 1 saturated heterocycles. The molecule has 0 aliphatic carbocycles. The number of nitro benzene ring substituents is 1. The maximum Gasteiger partial charge on any atom is 0.305 e. The van der Waals surface area contributed by atoms with Gasteiger partial charge < -0.3 is 10.0 Å². The van der Waals surface area contributed by atoms with Crippen molar-refractivity contribution in [2.45, 2.75) is 32.2 Å². The fourth-order valence-electron chi connectivity index (χ4n) is 2.60. The number of anilines is 1. The second-order valence-electron chi connectivity index (χ2n) is 4.87. The largest absolute Gasteiger partial charge is 0.481 e. The van der Waals surface area contributed by atoms with Crippen molar-refractivity contribution in [3.05, 3.63) is 33.9 Å². The number of nitrogens with zero attached hydrogens (tertiary/aromatic N) is 2. The zero-order valence-corrected chi connectivity index (χ0v) is 10.7. The van der Waals surface area contributed by atoms with E-state index in [1.165, 1.54) is 12.1 Å². The van der Waals surface area contributed by atoms with Crippen molar-refractivity contribution >= 4 is 17.3 Å². The molecular formula is C13H16N2O4. The molecule has 102 valence electrons. The normalized spacial score (nSPS) is 18.6. The van der Waals surface area contributed by atoms with Crippen molar-refractivity contribution in [1.82, 2.24) is 0 Å². The fourth-order valence-corrected chi connectivity index (χ4v) is 2.60. The molecule has 2 rings (SSSR count). The molecule has 6 heteroatoms. The lowest BCUT2D eigenvalue weighted by molar-refractivity contribution is -0.384. The summed E-state index contributed by atoms with van der Waals surface area (Å²) in [4.78, 5) is 23.3. The summed E-state index contributed by atoms with van der Waals surface area (Å²) < 4.78 is 0. The number of hydrogen-bond donors (Lipinski definition) is 1. The number of benzene rings is 1. The Hall–Kier alpha value is -2.11. The molecule has 6 nitrogen and oxygen atoms in total. The summed E-state index contributed by atoms with van der Waals surface area (Å²) in [6.07, 6.45) is 1.80. The highest BCUT2D eigenvalue weighted by Gasteiger charge is 2.27. The Kier molecular flexibility index (Phi) is 3.69. The minimum absolute atomic E-state index is 0.0518. The zero-order chi connectivity index (χ0) is 14.0. The van der Waals surface area contributed by atoms with Crippen molar-refractivity contribution in [2.75, 3.05) is 11.4 Å². The first-order chi connectivity index (χ1) is 8.97. The van der Waals surface area contributed by atoms with Gasteiger partial charge in [0.1, 0.15) is 0 Å². The Labute approximate surface area is 110 Å². The van der Waals surface area contributed by atoms with Gasteiger partial charge >= 0.3 is 5.97 Å². The van der Waals surface area contributed by atoms with E-state index >= 15 is 0 Å². The van der Waals surface area contributed by atoms with E-state index in [-0.39, 0.29) is 18.2 Å². The van der Waals surface area contributed by atoms with Crippen LogP contribution < -0.4 is 4.90 Å². The van der Waals surface area contributed by atoms with Gasteiger partial charge in [0.05, 0.1) is 11.3 Å². The minimum Gasteiger partial charge on any atom is -0.481 e. The van der Waals surface area contributed by atoms with E-state index in [1.807, 2.05) is 11.0 Å². The number of nitro groups is 1. The highest BCUT2D eigenvalue weighted by molar-refractivity contribution is 5.69. The molecule has 1 fully saturated rings. The predicted molar refractivity (Wildman–Crippen MR) is 70.5 cm³/mol. The Bertz CT molecular complexity index is 515. The number of carbonyl (C=O) groups is 1. The van der Waals surface area contributed by atoms with Crippen molar-refractivity contribution < 1.29 is 14.8 Å². The molecule has 0 saturated carbocycles. The van der Waals surface area contributed by atoms with E-state index in [0.717, 1.165) is 30.6 Å². The molecular weight excluding hydrogens is 248 g/mol. The SMILES string of the molecule is Cc1cc(N2CCCC2CC(=O)O)cc([N+](=O)[O-])c1. The zero-order valence-electron chi connectivity index (χ0n) is 10.7. The van der Waals surface area contributed by atoms with Gasteiger partial charge in [-0.2, -0.15) is 0 Å². The second kappa shape index (κ2) is 5.26. The van der Waals surface area contributed by atoms with Crippen LogP contribution in [0.25, 0.3) is 0 Å². The van der Waals surface area contributed by atoms with Crippen LogP contribution in [-0.2, 0) is 4.79 Å². The van der Waals surface area contributed by atoms with Crippen LogP contribution >= 0.6 is 0 Å². The van der Waals surface area contributed by atoms with E-state index in [1.54, 1.807) is 6.92 Å². The Balaban J connectivity index is 2.29. The number of rotatable bonds is 4.